The van der Waals surface area contributed by atoms with E-state index in [1.54, 1.807) is 0 Å². The minimum absolute atomic E-state index is 0.907. The highest BCUT2D eigenvalue weighted by atomic mass is 16.3. The Morgan fingerprint density at radius 1 is 0.278 bits per heavy atom. The van der Waals surface area contributed by atoms with Crippen LogP contribution in [0.25, 0.3) is 77.2 Å². The van der Waals surface area contributed by atoms with Crippen LogP contribution in [-0.4, -0.2) is 0 Å². The van der Waals surface area contributed by atoms with E-state index in [2.05, 4.69) is 205 Å². The molecule has 0 amide bonds. The zero-order chi connectivity index (χ0) is 35.8. The standard InChI is InChI=1S/C52H35NO/c1-2-13-36(14-3-1)40-19-9-22-44(32-40)53(46-24-11-21-43(34-46)48-27-12-16-37-15-4-5-25-47(37)48)45-23-10-20-41(33-45)38-17-8-18-39(31-38)42-29-30-52-50(35-42)49-26-6-7-28-51(49)54-52/h1-35H. The number of furan rings is 1. The summed E-state index contributed by atoms with van der Waals surface area (Å²) in [5, 5.41) is 4.76. The maximum Gasteiger partial charge on any atom is 0.135 e. The quantitative estimate of drug-likeness (QED) is 0.166. The molecule has 0 aliphatic heterocycles. The Morgan fingerprint density at radius 2 is 0.759 bits per heavy atom. The van der Waals surface area contributed by atoms with E-state index in [0.717, 1.165) is 55.7 Å². The fourth-order valence-corrected chi connectivity index (χ4v) is 7.80. The Hall–Kier alpha value is -7.16. The molecule has 54 heavy (non-hydrogen) atoms. The van der Waals surface area contributed by atoms with Gasteiger partial charge in [0.25, 0.3) is 0 Å². The zero-order valence-corrected chi connectivity index (χ0v) is 29.6. The molecule has 2 heteroatoms. The van der Waals surface area contributed by atoms with Gasteiger partial charge in [-0.3, -0.25) is 0 Å². The molecule has 0 unspecified atom stereocenters. The van der Waals surface area contributed by atoms with Crippen LogP contribution in [0.4, 0.5) is 17.1 Å². The highest BCUT2D eigenvalue weighted by Crippen LogP contribution is 2.41. The maximum absolute atomic E-state index is 6.12. The third kappa shape index (κ3) is 5.81. The normalized spacial score (nSPS) is 11.3. The highest BCUT2D eigenvalue weighted by Gasteiger charge is 2.17. The van der Waals surface area contributed by atoms with Crippen molar-refractivity contribution in [3.63, 3.8) is 0 Å². The van der Waals surface area contributed by atoms with Gasteiger partial charge in [-0.1, -0.05) is 152 Å². The fraction of sp³-hybridized carbons (Fsp3) is 0. The molecule has 0 radical (unpaired) electrons. The summed E-state index contributed by atoms with van der Waals surface area (Å²) in [6, 6.07) is 76.1. The first-order valence-corrected chi connectivity index (χ1v) is 18.4. The van der Waals surface area contributed by atoms with Crippen LogP contribution in [0.15, 0.2) is 217 Å². The van der Waals surface area contributed by atoms with Crippen LogP contribution in [0.2, 0.25) is 0 Å². The lowest BCUT2D eigenvalue weighted by molar-refractivity contribution is 0.669. The number of anilines is 3. The van der Waals surface area contributed by atoms with Crippen molar-refractivity contribution in [1.82, 2.24) is 0 Å². The van der Waals surface area contributed by atoms with E-state index in [9.17, 15) is 0 Å². The molecule has 0 saturated heterocycles. The highest BCUT2D eigenvalue weighted by molar-refractivity contribution is 6.06. The summed E-state index contributed by atoms with van der Waals surface area (Å²) in [5.74, 6) is 0. The minimum Gasteiger partial charge on any atom is -0.456 e. The maximum atomic E-state index is 6.12. The van der Waals surface area contributed by atoms with Crippen LogP contribution in [0.3, 0.4) is 0 Å². The number of benzene rings is 9. The summed E-state index contributed by atoms with van der Waals surface area (Å²) in [4.78, 5) is 2.38. The average molecular weight is 690 g/mol. The van der Waals surface area contributed by atoms with Crippen LogP contribution in [0.1, 0.15) is 0 Å². The van der Waals surface area contributed by atoms with Crippen molar-refractivity contribution in [1.29, 1.82) is 0 Å². The summed E-state index contributed by atoms with van der Waals surface area (Å²) >= 11 is 0. The summed E-state index contributed by atoms with van der Waals surface area (Å²) < 4.78 is 6.12. The van der Waals surface area contributed by atoms with E-state index in [0.29, 0.717) is 0 Å². The molecule has 10 aromatic rings. The monoisotopic (exact) mass is 689 g/mol. The van der Waals surface area contributed by atoms with Gasteiger partial charge in [0.2, 0.25) is 0 Å². The molecular formula is C52H35NO. The first-order valence-electron chi connectivity index (χ1n) is 18.4. The van der Waals surface area contributed by atoms with Gasteiger partial charge in [-0.2, -0.15) is 0 Å². The summed E-state index contributed by atoms with van der Waals surface area (Å²) in [6.45, 7) is 0. The Morgan fingerprint density at radius 3 is 1.50 bits per heavy atom. The molecule has 2 nitrogen and oxygen atoms in total. The molecule has 1 heterocycles. The van der Waals surface area contributed by atoms with Crippen molar-refractivity contribution in [3.8, 4) is 44.5 Å². The first-order chi connectivity index (χ1) is 26.7. The molecule has 0 spiro atoms. The lowest BCUT2D eigenvalue weighted by Crippen LogP contribution is -2.10. The van der Waals surface area contributed by atoms with Gasteiger partial charge in [-0.05, 0) is 116 Å². The molecule has 254 valence electrons. The van der Waals surface area contributed by atoms with Gasteiger partial charge in [0.05, 0.1) is 0 Å². The van der Waals surface area contributed by atoms with Crippen molar-refractivity contribution < 1.29 is 4.42 Å². The summed E-state index contributed by atoms with van der Waals surface area (Å²) in [5.41, 5.74) is 14.5. The number of fused-ring (bicyclic) bond motifs is 4. The second-order valence-corrected chi connectivity index (χ2v) is 13.8. The number of rotatable bonds is 7. The molecule has 10 rings (SSSR count). The molecule has 0 N–H and O–H groups in total. The predicted octanol–water partition coefficient (Wildman–Crippen LogP) is 14.9. The van der Waals surface area contributed by atoms with Crippen molar-refractivity contribution in [2.45, 2.75) is 0 Å². The van der Waals surface area contributed by atoms with Gasteiger partial charge < -0.3 is 9.32 Å². The Kier molecular flexibility index (Phi) is 7.85. The van der Waals surface area contributed by atoms with Crippen LogP contribution in [0.5, 0.6) is 0 Å². The molecular weight excluding hydrogens is 655 g/mol. The number of para-hydroxylation sites is 1. The van der Waals surface area contributed by atoms with Gasteiger partial charge in [-0.25, -0.2) is 0 Å². The van der Waals surface area contributed by atoms with E-state index in [1.807, 2.05) is 12.1 Å². The smallest absolute Gasteiger partial charge is 0.135 e. The molecule has 0 aliphatic carbocycles. The summed E-state index contributed by atoms with van der Waals surface area (Å²) in [6.07, 6.45) is 0. The van der Waals surface area contributed by atoms with Crippen LogP contribution in [-0.2, 0) is 0 Å². The van der Waals surface area contributed by atoms with E-state index in [1.165, 1.54) is 38.6 Å². The summed E-state index contributed by atoms with van der Waals surface area (Å²) in [7, 11) is 0. The molecule has 0 saturated carbocycles. The van der Waals surface area contributed by atoms with Gasteiger partial charge in [0, 0.05) is 27.8 Å². The molecule has 0 bridgehead atoms. The van der Waals surface area contributed by atoms with Gasteiger partial charge in [-0.15, -0.1) is 0 Å². The van der Waals surface area contributed by atoms with E-state index >= 15 is 0 Å². The van der Waals surface area contributed by atoms with Crippen LogP contribution >= 0.6 is 0 Å². The number of hydrogen-bond acceptors (Lipinski definition) is 2. The molecule has 1 aromatic heterocycles. The largest absolute Gasteiger partial charge is 0.456 e. The number of hydrogen-bond donors (Lipinski definition) is 0. The minimum atomic E-state index is 0.907. The molecule has 0 fully saturated rings. The second kappa shape index (κ2) is 13.4. The lowest BCUT2D eigenvalue weighted by atomic mass is 9.96. The Labute approximate surface area is 314 Å². The van der Waals surface area contributed by atoms with E-state index in [-0.39, 0.29) is 0 Å². The first kappa shape index (κ1) is 31.6. The second-order valence-electron chi connectivity index (χ2n) is 13.8. The third-order valence-corrected chi connectivity index (χ3v) is 10.4. The van der Waals surface area contributed by atoms with Crippen molar-refractivity contribution in [2.24, 2.45) is 0 Å². The van der Waals surface area contributed by atoms with Gasteiger partial charge >= 0.3 is 0 Å². The Bertz CT molecular complexity index is 2950. The molecule has 9 aromatic carbocycles. The van der Waals surface area contributed by atoms with Crippen LogP contribution < -0.4 is 4.90 Å². The van der Waals surface area contributed by atoms with Crippen molar-refractivity contribution in [3.05, 3.63) is 212 Å². The van der Waals surface area contributed by atoms with Gasteiger partial charge in [0.1, 0.15) is 11.2 Å². The molecule has 0 atom stereocenters. The Balaban J connectivity index is 1.09. The van der Waals surface area contributed by atoms with E-state index in [4.69, 9.17) is 4.42 Å². The van der Waals surface area contributed by atoms with Crippen molar-refractivity contribution in [2.75, 3.05) is 4.90 Å². The fourth-order valence-electron chi connectivity index (χ4n) is 7.80. The average Bonchev–Trinajstić information content (AvgIpc) is 3.62. The SMILES string of the molecule is c1ccc(-c2cccc(N(c3cccc(-c4cccc(-c5ccc6oc7ccccc7c6c5)c4)c3)c3cccc(-c4cccc5ccccc45)c3)c2)cc1. The van der Waals surface area contributed by atoms with Crippen LogP contribution in [0, 0.1) is 0 Å². The van der Waals surface area contributed by atoms with Gasteiger partial charge in [0.15, 0.2) is 0 Å². The zero-order valence-electron chi connectivity index (χ0n) is 29.6. The lowest BCUT2D eigenvalue weighted by Gasteiger charge is -2.27. The molecule has 0 aliphatic rings. The predicted molar refractivity (Wildman–Crippen MR) is 228 cm³/mol. The topological polar surface area (TPSA) is 16.4 Å². The third-order valence-electron chi connectivity index (χ3n) is 10.4. The number of nitrogens with zero attached hydrogens (tertiary/aromatic N) is 1. The van der Waals surface area contributed by atoms with E-state index < -0.39 is 0 Å². The van der Waals surface area contributed by atoms with Crippen molar-refractivity contribution >= 4 is 49.8 Å².